The molecule has 1 atom stereocenters. The van der Waals surface area contributed by atoms with Crippen molar-refractivity contribution in [2.24, 2.45) is 5.73 Å². The molecule has 0 aromatic heterocycles. The summed E-state index contributed by atoms with van der Waals surface area (Å²) < 4.78 is 1.13. The van der Waals surface area contributed by atoms with Crippen LogP contribution >= 0.6 is 15.9 Å². The second-order valence-corrected chi connectivity index (χ2v) is 5.28. The monoisotopic (exact) mass is 268 g/mol. The number of hydrogen-bond acceptors (Lipinski definition) is 2. The molecule has 1 aromatic rings. The molecule has 82 valence electrons. The molecule has 0 heterocycles. The molecule has 0 amide bonds. The number of halogens is 1. The van der Waals surface area contributed by atoms with Gasteiger partial charge in [0.25, 0.3) is 0 Å². The lowest BCUT2D eigenvalue weighted by molar-refractivity contribution is 0.272. The average molecular weight is 269 g/mol. The highest BCUT2D eigenvalue weighted by Gasteiger charge is 2.26. The molecule has 0 unspecified atom stereocenters. The Bertz CT molecular complexity index is 317. The highest BCUT2D eigenvalue weighted by atomic mass is 79.9. The van der Waals surface area contributed by atoms with Gasteiger partial charge < -0.3 is 11.1 Å². The summed E-state index contributed by atoms with van der Waals surface area (Å²) in [6, 6.07) is 9.91. The summed E-state index contributed by atoms with van der Waals surface area (Å²) >= 11 is 3.44. The minimum absolute atomic E-state index is 0.413. The van der Waals surface area contributed by atoms with Crippen molar-refractivity contribution in [3.05, 3.63) is 34.3 Å². The first-order valence-electron chi connectivity index (χ1n) is 5.42. The molecule has 0 radical (unpaired) electrons. The minimum atomic E-state index is 0.413. The molecule has 0 bridgehead atoms. The van der Waals surface area contributed by atoms with Gasteiger partial charge in [0.1, 0.15) is 0 Å². The molecule has 1 aliphatic rings. The Morgan fingerprint density at radius 1 is 1.33 bits per heavy atom. The van der Waals surface area contributed by atoms with E-state index in [1.165, 1.54) is 5.56 Å². The molecule has 0 spiro atoms. The lowest BCUT2D eigenvalue weighted by atomic mass is 9.87. The second-order valence-electron chi connectivity index (χ2n) is 4.37. The molecule has 1 saturated carbocycles. The zero-order chi connectivity index (χ0) is 10.8. The van der Waals surface area contributed by atoms with Gasteiger partial charge in [-0.1, -0.05) is 28.1 Å². The molecular weight excluding hydrogens is 252 g/mol. The van der Waals surface area contributed by atoms with E-state index in [1.54, 1.807) is 0 Å². The van der Waals surface area contributed by atoms with Gasteiger partial charge in [-0.25, -0.2) is 0 Å². The van der Waals surface area contributed by atoms with E-state index in [-0.39, 0.29) is 0 Å². The molecule has 3 heteroatoms. The Hall–Kier alpha value is -0.380. The van der Waals surface area contributed by atoms with Crippen LogP contribution in [0.3, 0.4) is 0 Å². The second kappa shape index (κ2) is 4.64. The summed E-state index contributed by atoms with van der Waals surface area (Å²) in [5, 5.41) is 3.59. The lowest BCUT2D eigenvalue weighted by Crippen LogP contribution is -2.49. The predicted octanol–water partition coefficient (Wildman–Crippen LogP) is 2.59. The van der Waals surface area contributed by atoms with Crippen LogP contribution in [-0.4, -0.2) is 12.1 Å². The van der Waals surface area contributed by atoms with Crippen LogP contribution in [0, 0.1) is 0 Å². The summed E-state index contributed by atoms with van der Waals surface area (Å²) in [7, 11) is 0. The fourth-order valence-corrected chi connectivity index (χ4v) is 2.26. The van der Waals surface area contributed by atoms with Gasteiger partial charge in [0, 0.05) is 22.6 Å². The van der Waals surface area contributed by atoms with Gasteiger partial charge in [-0.3, -0.25) is 0 Å². The van der Waals surface area contributed by atoms with Crippen molar-refractivity contribution in [1.29, 1.82) is 0 Å². The molecular formula is C12H17BrN2. The third-order valence-electron chi connectivity index (χ3n) is 3.03. The summed E-state index contributed by atoms with van der Waals surface area (Å²) in [5.41, 5.74) is 7.09. The SMILES string of the molecule is C[C@@H](NC1CC(N)C1)c1ccc(Br)cc1. The molecule has 1 aliphatic carbocycles. The molecule has 0 aliphatic heterocycles. The third kappa shape index (κ3) is 2.80. The van der Waals surface area contributed by atoms with Crippen LogP contribution in [0.5, 0.6) is 0 Å². The van der Waals surface area contributed by atoms with Crippen molar-refractivity contribution in [2.45, 2.75) is 37.9 Å². The van der Waals surface area contributed by atoms with Crippen LogP contribution in [-0.2, 0) is 0 Å². The van der Waals surface area contributed by atoms with E-state index in [9.17, 15) is 0 Å². The zero-order valence-electron chi connectivity index (χ0n) is 8.91. The molecule has 15 heavy (non-hydrogen) atoms. The smallest absolute Gasteiger partial charge is 0.0294 e. The Morgan fingerprint density at radius 3 is 2.47 bits per heavy atom. The maximum atomic E-state index is 5.76. The number of nitrogens with two attached hydrogens (primary N) is 1. The van der Waals surface area contributed by atoms with Crippen LogP contribution < -0.4 is 11.1 Å². The van der Waals surface area contributed by atoms with Gasteiger partial charge in [0.15, 0.2) is 0 Å². The van der Waals surface area contributed by atoms with Gasteiger partial charge >= 0.3 is 0 Å². The number of rotatable bonds is 3. The van der Waals surface area contributed by atoms with E-state index in [0.717, 1.165) is 17.3 Å². The molecule has 3 N–H and O–H groups in total. The number of nitrogens with one attached hydrogen (secondary N) is 1. The Labute approximate surface area is 99.4 Å². The van der Waals surface area contributed by atoms with Gasteiger partial charge in [-0.15, -0.1) is 0 Å². The van der Waals surface area contributed by atoms with Crippen molar-refractivity contribution in [3.8, 4) is 0 Å². The quantitative estimate of drug-likeness (QED) is 0.885. The minimum Gasteiger partial charge on any atom is -0.328 e. The Balaban J connectivity index is 1.90. The van der Waals surface area contributed by atoms with Crippen molar-refractivity contribution in [3.63, 3.8) is 0 Å². The summed E-state index contributed by atoms with van der Waals surface area (Å²) in [5.74, 6) is 0. The zero-order valence-corrected chi connectivity index (χ0v) is 10.5. The van der Waals surface area contributed by atoms with Crippen LogP contribution in [0.1, 0.15) is 31.4 Å². The largest absolute Gasteiger partial charge is 0.328 e. The molecule has 2 nitrogen and oxygen atoms in total. The van der Waals surface area contributed by atoms with Gasteiger partial charge in [0.05, 0.1) is 0 Å². The van der Waals surface area contributed by atoms with Crippen LogP contribution in [0.25, 0.3) is 0 Å². The van der Waals surface area contributed by atoms with Crippen LogP contribution in [0.4, 0.5) is 0 Å². The van der Waals surface area contributed by atoms with Gasteiger partial charge in [0.2, 0.25) is 0 Å². The summed E-state index contributed by atoms with van der Waals surface area (Å²) in [4.78, 5) is 0. The first-order valence-corrected chi connectivity index (χ1v) is 6.21. The van der Waals surface area contributed by atoms with Crippen LogP contribution in [0.2, 0.25) is 0 Å². The van der Waals surface area contributed by atoms with Gasteiger partial charge in [-0.05, 0) is 37.5 Å². The summed E-state index contributed by atoms with van der Waals surface area (Å²) in [6.07, 6.45) is 2.22. The van der Waals surface area contributed by atoms with Crippen molar-refractivity contribution in [1.82, 2.24) is 5.32 Å². The standard InChI is InChI=1S/C12H17BrN2/c1-8(15-12-6-11(14)7-12)9-2-4-10(13)5-3-9/h2-5,8,11-12,15H,6-7,14H2,1H3/t8-,11?,12?/m1/s1. The normalized spacial score (nSPS) is 27.1. The summed E-state index contributed by atoms with van der Waals surface area (Å²) in [6.45, 7) is 2.20. The molecule has 0 saturated heterocycles. The van der Waals surface area contributed by atoms with E-state index >= 15 is 0 Å². The Kier molecular flexibility index (Phi) is 3.44. The van der Waals surface area contributed by atoms with Crippen molar-refractivity contribution in [2.75, 3.05) is 0 Å². The highest BCUT2D eigenvalue weighted by Crippen LogP contribution is 2.23. The Morgan fingerprint density at radius 2 is 1.93 bits per heavy atom. The fourth-order valence-electron chi connectivity index (χ4n) is 2.00. The van der Waals surface area contributed by atoms with Crippen molar-refractivity contribution < 1.29 is 0 Å². The van der Waals surface area contributed by atoms with Crippen molar-refractivity contribution >= 4 is 15.9 Å². The average Bonchev–Trinajstić information content (AvgIpc) is 2.16. The van der Waals surface area contributed by atoms with E-state index in [2.05, 4.69) is 52.4 Å². The fraction of sp³-hybridized carbons (Fsp3) is 0.500. The van der Waals surface area contributed by atoms with E-state index in [4.69, 9.17) is 5.73 Å². The first-order chi connectivity index (χ1) is 7.15. The maximum absolute atomic E-state index is 5.76. The van der Waals surface area contributed by atoms with E-state index < -0.39 is 0 Å². The molecule has 1 fully saturated rings. The topological polar surface area (TPSA) is 38.0 Å². The van der Waals surface area contributed by atoms with E-state index in [0.29, 0.717) is 18.1 Å². The molecule has 2 rings (SSSR count). The maximum Gasteiger partial charge on any atom is 0.0294 e. The van der Waals surface area contributed by atoms with Gasteiger partial charge in [-0.2, -0.15) is 0 Å². The number of hydrogen-bond donors (Lipinski definition) is 2. The lowest BCUT2D eigenvalue weighted by Gasteiger charge is -2.35. The first kappa shape index (κ1) is 11.1. The highest BCUT2D eigenvalue weighted by molar-refractivity contribution is 9.10. The van der Waals surface area contributed by atoms with E-state index in [1.807, 2.05) is 0 Å². The van der Waals surface area contributed by atoms with Crippen LogP contribution in [0.15, 0.2) is 28.7 Å². The molecule has 1 aromatic carbocycles. The number of benzene rings is 1. The third-order valence-corrected chi connectivity index (χ3v) is 3.56. The predicted molar refractivity (Wildman–Crippen MR) is 66.7 cm³/mol.